The summed E-state index contributed by atoms with van der Waals surface area (Å²) in [6.45, 7) is 9.61. The summed E-state index contributed by atoms with van der Waals surface area (Å²) in [6.07, 6.45) is 54.1. The quantitative estimate of drug-likeness (QED) is 0.0222. The fourth-order valence-electron chi connectivity index (χ4n) is 11.5. The Morgan fingerprint density at radius 1 is 0.287 bits per heavy atom. The predicted molar refractivity (Wildman–Crippen MR) is 381 cm³/mol. The lowest BCUT2D eigenvalue weighted by Gasteiger charge is -2.21. The molecule has 0 aromatic rings. The first kappa shape index (κ1) is 92.1. The van der Waals surface area contributed by atoms with Gasteiger partial charge < -0.3 is 33.8 Å². The molecule has 0 aromatic heterocycles. The molecule has 19 heteroatoms. The molecule has 0 bridgehead atoms. The van der Waals surface area contributed by atoms with E-state index in [1.807, 2.05) is 0 Å². The largest absolute Gasteiger partial charge is 0.472 e. The van der Waals surface area contributed by atoms with Gasteiger partial charge >= 0.3 is 39.5 Å². The number of aliphatic hydroxyl groups excluding tert-OH is 1. The summed E-state index contributed by atoms with van der Waals surface area (Å²) in [4.78, 5) is 72.7. The lowest BCUT2D eigenvalue weighted by molar-refractivity contribution is -0.161. The lowest BCUT2D eigenvalue weighted by Crippen LogP contribution is -2.30. The maximum Gasteiger partial charge on any atom is 0.472 e. The molecule has 0 aliphatic rings. The molecule has 17 nitrogen and oxygen atoms in total. The van der Waals surface area contributed by atoms with Crippen LogP contribution in [0.2, 0.25) is 0 Å². The van der Waals surface area contributed by atoms with Gasteiger partial charge in [0.1, 0.15) is 19.3 Å². The Morgan fingerprint density at radius 3 is 0.723 bits per heavy atom. The molecule has 0 fully saturated rings. The van der Waals surface area contributed by atoms with Crippen molar-refractivity contribution in [1.29, 1.82) is 0 Å². The molecule has 2 unspecified atom stereocenters. The second-order valence-electron chi connectivity index (χ2n) is 28.0. The summed E-state index contributed by atoms with van der Waals surface area (Å²) in [6, 6.07) is 0. The van der Waals surface area contributed by atoms with E-state index < -0.39 is 97.5 Å². The van der Waals surface area contributed by atoms with Crippen molar-refractivity contribution >= 4 is 39.5 Å². The van der Waals surface area contributed by atoms with E-state index in [9.17, 15) is 43.2 Å². The van der Waals surface area contributed by atoms with E-state index in [4.69, 9.17) is 37.0 Å². The lowest BCUT2D eigenvalue weighted by atomic mass is 10.0. The zero-order valence-electron chi connectivity index (χ0n) is 61.3. The highest BCUT2D eigenvalue weighted by atomic mass is 31.2. The van der Waals surface area contributed by atoms with Crippen molar-refractivity contribution in [2.24, 2.45) is 11.8 Å². The molecule has 0 aliphatic carbocycles. The minimum Gasteiger partial charge on any atom is -0.462 e. The summed E-state index contributed by atoms with van der Waals surface area (Å²) >= 11 is 0. The molecule has 0 aliphatic heterocycles. The first-order chi connectivity index (χ1) is 45.4. The Bertz CT molecular complexity index is 1820. The summed E-state index contributed by atoms with van der Waals surface area (Å²) < 4.78 is 68.4. The van der Waals surface area contributed by atoms with Crippen molar-refractivity contribution in [2.75, 3.05) is 39.6 Å². The van der Waals surface area contributed by atoms with Crippen LogP contribution in [0.5, 0.6) is 0 Å². The van der Waals surface area contributed by atoms with Crippen LogP contribution in [0.1, 0.15) is 388 Å². The Kier molecular flexibility index (Phi) is 65.5. The van der Waals surface area contributed by atoms with Crippen molar-refractivity contribution in [2.45, 2.75) is 407 Å². The van der Waals surface area contributed by atoms with Crippen LogP contribution in [0.3, 0.4) is 0 Å². The predicted octanol–water partition coefficient (Wildman–Crippen LogP) is 21.9. The van der Waals surface area contributed by atoms with Gasteiger partial charge in [-0.2, -0.15) is 0 Å². The number of esters is 4. The Labute approximate surface area is 575 Å². The number of hydrogen-bond acceptors (Lipinski definition) is 15. The van der Waals surface area contributed by atoms with E-state index in [1.165, 1.54) is 199 Å². The highest BCUT2D eigenvalue weighted by Gasteiger charge is 2.30. The normalized spacial score (nSPS) is 14.0. The van der Waals surface area contributed by atoms with E-state index in [1.54, 1.807) is 0 Å². The van der Waals surface area contributed by atoms with E-state index >= 15 is 0 Å². The molecule has 0 saturated heterocycles. The summed E-state index contributed by atoms with van der Waals surface area (Å²) in [5.74, 6) is -0.533. The van der Waals surface area contributed by atoms with Crippen LogP contribution in [-0.4, -0.2) is 96.7 Å². The fraction of sp³-hybridized carbons (Fsp3) is 0.947. The van der Waals surface area contributed by atoms with Gasteiger partial charge in [-0.15, -0.1) is 0 Å². The SMILES string of the molecule is CCCCCCCCCCCCCCCC(=O)O[C@H](COC(=O)CCCCCCCCCC)COP(=O)(O)OC[C@H](O)COP(=O)(O)OC[C@@H](COC(=O)CCCCCCCCCCCCCCC(C)C)OC(=O)CCCCCCCCCCCCCCCCCC(C)C. The molecule has 0 heterocycles. The minimum absolute atomic E-state index is 0.107. The molecule has 94 heavy (non-hydrogen) atoms. The molecule has 0 spiro atoms. The molecule has 0 amide bonds. The molecule has 558 valence electrons. The Hall–Kier alpha value is -1.94. The van der Waals surface area contributed by atoms with Crippen LogP contribution in [0, 0.1) is 11.8 Å². The Morgan fingerprint density at radius 2 is 0.489 bits per heavy atom. The number of carbonyl (C=O) groups excluding carboxylic acids is 4. The molecular weight excluding hydrogens is 1230 g/mol. The fourth-order valence-corrected chi connectivity index (χ4v) is 13.1. The number of aliphatic hydroxyl groups is 1. The van der Waals surface area contributed by atoms with Crippen LogP contribution in [0.15, 0.2) is 0 Å². The number of ether oxygens (including phenoxy) is 4. The third kappa shape index (κ3) is 68.6. The Balaban J connectivity index is 5.21. The third-order valence-electron chi connectivity index (χ3n) is 17.5. The van der Waals surface area contributed by atoms with Crippen molar-refractivity contribution in [3.8, 4) is 0 Å². The zero-order valence-corrected chi connectivity index (χ0v) is 63.1. The zero-order chi connectivity index (χ0) is 69.3. The standard InChI is InChI=1S/C75H146O17P2/c1-7-9-11-13-15-17-18-22-30-35-41-47-53-59-74(79)91-70(63-85-72(77)57-51-45-39-16-14-12-10-8-2)65-89-93(81,82)87-61-69(76)62-88-94(83,84)90-66-71(64-86-73(78)58-52-46-40-34-29-26-25-28-33-38-44-50-56-68(5)6)92-75(80)60-54-48-42-36-31-24-21-19-20-23-27-32-37-43-49-55-67(3)4/h67-71,76H,7-66H2,1-6H3,(H,81,82)(H,83,84)/t69-,70+,71+/m0/s1. The molecule has 0 radical (unpaired) electrons. The van der Waals surface area contributed by atoms with Gasteiger partial charge in [-0.05, 0) is 37.5 Å². The second-order valence-corrected chi connectivity index (χ2v) is 30.9. The van der Waals surface area contributed by atoms with Crippen LogP contribution < -0.4 is 0 Å². The average molecular weight is 1380 g/mol. The topological polar surface area (TPSA) is 237 Å². The van der Waals surface area contributed by atoms with Crippen LogP contribution in [-0.2, 0) is 65.4 Å². The molecule has 0 aromatic carbocycles. The molecule has 5 atom stereocenters. The van der Waals surface area contributed by atoms with E-state index in [-0.39, 0.29) is 25.7 Å². The second kappa shape index (κ2) is 66.9. The van der Waals surface area contributed by atoms with Crippen LogP contribution >= 0.6 is 15.6 Å². The number of carbonyl (C=O) groups is 4. The highest BCUT2D eigenvalue weighted by molar-refractivity contribution is 7.47. The van der Waals surface area contributed by atoms with Crippen molar-refractivity contribution in [1.82, 2.24) is 0 Å². The van der Waals surface area contributed by atoms with Gasteiger partial charge in [-0.3, -0.25) is 37.3 Å². The molecular formula is C75H146O17P2. The molecule has 0 rings (SSSR count). The maximum atomic E-state index is 13.1. The van der Waals surface area contributed by atoms with Gasteiger partial charge in [0.15, 0.2) is 12.2 Å². The number of hydrogen-bond donors (Lipinski definition) is 3. The van der Waals surface area contributed by atoms with E-state index in [2.05, 4.69) is 41.5 Å². The minimum atomic E-state index is -4.96. The average Bonchev–Trinajstić information content (AvgIpc) is 1.56. The van der Waals surface area contributed by atoms with Gasteiger partial charge in [-0.1, -0.05) is 337 Å². The van der Waals surface area contributed by atoms with Crippen molar-refractivity contribution < 1.29 is 80.2 Å². The van der Waals surface area contributed by atoms with Crippen molar-refractivity contribution in [3.63, 3.8) is 0 Å². The number of phosphoric ester groups is 2. The first-order valence-electron chi connectivity index (χ1n) is 39.0. The maximum absolute atomic E-state index is 13.1. The van der Waals surface area contributed by atoms with Crippen molar-refractivity contribution in [3.05, 3.63) is 0 Å². The summed E-state index contributed by atoms with van der Waals surface area (Å²) in [5.41, 5.74) is 0. The summed E-state index contributed by atoms with van der Waals surface area (Å²) in [7, 11) is -9.91. The smallest absolute Gasteiger partial charge is 0.462 e. The monoisotopic (exact) mass is 1380 g/mol. The van der Waals surface area contributed by atoms with Gasteiger partial charge in [0, 0.05) is 25.7 Å². The van der Waals surface area contributed by atoms with Gasteiger partial charge in [0.2, 0.25) is 0 Å². The van der Waals surface area contributed by atoms with Gasteiger partial charge in [0.25, 0.3) is 0 Å². The van der Waals surface area contributed by atoms with Gasteiger partial charge in [0.05, 0.1) is 26.4 Å². The number of phosphoric acid groups is 2. The number of unbranched alkanes of at least 4 members (excludes halogenated alkanes) is 44. The molecule has 0 saturated carbocycles. The first-order valence-corrected chi connectivity index (χ1v) is 42.0. The highest BCUT2D eigenvalue weighted by Crippen LogP contribution is 2.45. The molecule has 3 N–H and O–H groups in total. The van der Waals surface area contributed by atoms with E-state index in [0.717, 1.165) is 108 Å². The summed E-state index contributed by atoms with van der Waals surface area (Å²) in [5, 5.41) is 10.6. The van der Waals surface area contributed by atoms with Crippen LogP contribution in [0.4, 0.5) is 0 Å². The van der Waals surface area contributed by atoms with Gasteiger partial charge in [-0.25, -0.2) is 9.13 Å². The third-order valence-corrected chi connectivity index (χ3v) is 19.4. The van der Waals surface area contributed by atoms with Crippen LogP contribution in [0.25, 0.3) is 0 Å². The number of rotatable bonds is 74. The van der Waals surface area contributed by atoms with E-state index in [0.29, 0.717) is 25.7 Å².